The number of hydrogen-bond acceptors (Lipinski definition) is 4. The highest BCUT2D eigenvalue weighted by atomic mass is 127. The Labute approximate surface area is 264 Å². The third-order valence-electron chi connectivity index (χ3n) is 8.07. The number of nitrogens with zero attached hydrogens (tertiary/aromatic N) is 2. The average Bonchev–Trinajstić information content (AvgIpc) is 3.66. The van der Waals surface area contributed by atoms with E-state index in [4.69, 9.17) is 21.3 Å². The van der Waals surface area contributed by atoms with E-state index in [1.54, 1.807) is 0 Å². The number of benzene rings is 3. The molecule has 216 valence electrons. The van der Waals surface area contributed by atoms with Crippen molar-refractivity contribution in [1.29, 1.82) is 0 Å². The number of carbonyl (C=O) groups excluding carboxylic acids is 2. The van der Waals surface area contributed by atoms with E-state index in [-0.39, 0.29) is 18.1 Å². The van der Waals surface area contributed by atoms with Crippen molar-refractivity contribution < 1.29 is 14.3 Å². The summed E-state index contributed by atoms with van der Waals surface area (Å²) in [6.07, 6.45) is 5.01. The molecule has 3 aromatic carbocycles. The Morgan fingerprint density at radius 1 is 1.07 bits per heavy atom. The van der Waals surface area contributed by atoms with Gasteiger partial charge in [-0.05, 0) is 67.0 Å². The predicted molar refractivity (Wildman–Crippen MR) is 173 cm³/mol. The number of fused-ring (bicyclic) bond motifs is 1. The molecule has 2 amide bonds. The quantitative estimate of drug-likeness (QED) is 0.144. The van der Waals surface area contributed by atoms with Crippen LogP contribution in [0.1, 0.15) is 64.6 Å². The fraction of sp³-hybridized carbons (Fsp3) is 0.303. The fourth-order valence-electron chi connectivity index (χ4n) is 5.88. The van der Waals surface area contributed by atoms with Crippen molar-refractivity contribution >= 4 is 51.9 Å². The van der Waals surface area contributed by atoms with Crippen LogP contribution in [-0.2, 0) is 22.0 Å². The number of carbonyl (C=O) groups is 2. The van der Waals surface area contributed by atoms with Gasteiger partial charge in [-0.25, -0.2) is 9.78 Å². The van der Waals surface area contributed by atoms with Gasteiger partial charge in [-0.15, -0.1) is 0 Å². The van der Waals surface area contributed by atoms with Gasteiger partial charge in [0.25, 0.3) is 5.91 Å². The molecule has 1 fully saturated rings. The molecule has 42 heavy (non-hydrogen) atoms. The lowest BCUT2D eigenvalue weighted by Crippen LogP contribution is -2.41. The van der Waals surface area contributed by atoms with Crippen LogP contribution in [0.2, 0.25) is 5.15 Å². The molecule has 7 nitrogen and oxygen atoms in total. The number of rotatable bonds is 8. The van der Waals surface area contributed by atoms with Crippen LogP contribution in [0.3, 0.4) is 0 Å². The van der Waals surface area contributed by atoms with Gasteiger partial charge in [0, 0.05) is 34.2 Å². The predicted octanol–water partition coefficient (Wildman–Crippen LogP) is 8.14. The first-order chi connectivity index (χ1) is 20.5. The summed E-state index contributed by atoms with van der Waals surface area (Å²) in [6, 6.07) is 23.3. The van der Waals surface area contributed by atoms with E-state index in [0.717, 1.165) is 58.8 Å². The summed E-state index contributed by atoms with van der Waals surface area (Å²) in [6.45, 7) is 0.596. The van der Waals surface area contributed by atoms with Crippen LogP contribution in [0.5, 0.6) is 0 Å². The highest BCUT2D eigenvalue weighted by Gasteiger charge is 2.33. The van der Waals surface area contributed by atoms with E-state index < -0.39 is 6.09 Å². The number of aromatic nitrogens is 2. The first kappa shape index (κ1) is 28.7. The summed E-state index contributed by atoms with van der Waals surface area (Å²) in [5.74, 6) is 0.646. The van der Waals surface area contributed by atoms with Crippen LogP contribution in [0.25, 0.3) is 11.3 Å². The smallest absolute Gasteiger partial charge is 0.411 e. The van der Waals surface area contributed by atoms with Crippen molar-refractivity contribution in [3.8, 4) is 11.3 Å². The molecule has 2 heterocycles. The third kappa shape index (κ3) is 6.34. The lowest BCUT2D eigenvalue weighted by molar-refractivity contribution is 0.0648. The summed E-state index contributed by atoms with van der Waals surface area (Å²) in [7, 11) is 0. The second-order valence-corrected chi connectivity index (χ2v) is 12.0. The summed E-state index contributed by atoms with van der Waals surface area (Å²) >= 11 is 9.05. The summed E-state index contributed by atoms with van der Waals surface area (Å²) in [5, 5.41) is 3.15. The van der Waals surface area contributed by atoms with E-state index in [0.29, 0.717) is 35.3 Å². The topological polar surface area (TPSA) is 87.3 Å². The molecule has 1 aliphatic heterocycles. The maximum absolute atomic E-state index is 13.8. The molecule has 0 saturated heterocycles. The standard InChI is InChI=1S/C33H32ClIN4O3/c34-30-29(23-11-13-25(14-12-23)36-33(41)42-26-8-4-5-9-26)37-31(38-30)28(19-21-6-2-1-3-7-21)39-17-16-24-18-22(20-35)10-15-27(24)32(39)40/h1-3,6-7,10-15,18,26,28H,4-5,8-9,16-17,19-20H2,(H,36,41)(H,37,38)/t28-/m0/s1. The van der Waals surface area contributed by atoms with E-state index in [2.05, 4.69) is 51.1 Å². The zero-order chi connectivity index (χ0) is 29.1. The van der Waals surface area contributed by atoms with E-state index >= 15 is 0 Å². The van der Waals surface area contributed by atoms with Gasteiger partial charge in [-0.1, -0.05) is 88.8 Å². The van der Waals surface area contributed by atoms with Crippen molar-refractivity contribution in [3.63, 3.8) is 0 Å². The van der Waals surface area contributed by atoms with Crippen molar-refractivity contribution in [2.24, 2.45) is 0 Å². The van der Waals surface area contributed by atoms with Crippen molar-refractivity contribution in [2.45, 2.75) is 55.1 Å². The summed E-state index contributed by atoms with van der Waals surface area (Å²) in [5.41, 5.74) is 6.32. The number of imidazole rings is 1. The van der Waals surface area contributed by atoms with Crippen LogP contribution in [0, 0.1) is 0 Å². The molecule has 1 atom stereocenters. The molecular formula is C33H32ClIN4O3. The third-order valence-corrected chi connectivity index (χ3v) is 9.23. The zero-order valence-corrected chi connectivity index (χ0v) is 26.0. The monoisotopic (exact) mass is 694 g/mol. The number of aromatic amines is 1. The largest absolute Gasteiger partial charge is 0.446 e. The minimum absolute atomic E-state index is 0.00378. The van der Waals surface area contributed by atoms with E-state index in [1.165, 1.54) is 5.56 Å². The lowest BCUT2D eigenvalue weighted by Gasteiger charge is -2.35. The number of nitrogens with one attached hydrogen (secondary N) is 2. The first-order valence-electron chi connectivity index (χ1n) is 14.3. The second kappa shape index (κ2) is 12.9. The molecule has 2 N–H and O–H groups in total. The van der Waals surface area contributed by atoms with Crippen LogP contribution < -0.4 is 5.32 Å². The minimum atomic E-state index is -0.432. The number of H-pyrrole nitrogens is 1. The average molecular weight is 695 g/mol. The minimum Gasteiger partial charge on any atom is -0.446 e. The van der Waals surface area contributed by atoms with Gasteiger partial charge in [0.1, 0.15) is 11.9 Å². The number of hydrogen-bond donors (Lipinski definition) is 2. The Bertz CT molecular complexity index is 1570. The molecule has 0 radical (unpaired) electrons. The van der Waals surface area contributed by atoms with Crippen LogP contribution in [-0.4, -0.2) is 39.5 Å². The number of anilines is 1. The van der Waals surface area contributed by atoms with Gasteiger partial charge in [0.15, 0.2) is 5.15 Å². The first-order valence-corrected chi connectivity index (χ1v) is 16.2. The lowest BCUT2D eigenvalue weighted by atomic mass is 9.94. The normalized spacial score (nSPS) is 15.9. The Balaban J connectivity index is 1.25. The van der Waals surface area contributed by atoms with Crippen molar-refractivity contribution in [3.05, 3.63) is 106 Å². The van der Waals surface area contributed by atoms with Crippen molar-refractivity contribution in [2.75, 3.05) is 11.9 Å². The van der Waals surface area contributed by atoms with Gasteiger partial charge < -0.3 is 14.6 Å². The molecule has 1 aromatic heterocycles. The van der Waals surface area contributed by atoms with Crippen LogP contribution in [0.15, 0.2) is 72.8 Å². The van der Waals surface area contributed by atoms with Crippen LogP contribution >= 0.6 is 34.2 Å². The molecule has 0 spiro atoms. The molecule has 0 unspecified atom stereocenters. The van der Waals surface area contributed by atoms with Gasteiger partial charge in [0.05, 0.1) is 11.7 Å². The number of amides is 2. The number of ether oxygens (including phenoxy) is 1. The maximum atomic E-state index is 13.8. The zero-order valence-electron chi connectivity index (χ0n) is 23.1. The van der Waals surface area contributed by atoms with E-state index in [1.807, 2.05) is 59.5 Å². The highest BCUT2D eigenvalue weighted by molar-refractivity contribution is 14.1. The van der Waals surface area contributed by atoms with E-state index in [9.17, 15) is 9.59 Å². The number of alkyl halides is 1. The fourth-order valence-corrected chi connectivity index (χ4v) is 6.60. The highest BCUT2D eigenvalue weighted by Crippen LogP contribution is 2.34. The molecule has 6 rings (SSSR count). The van der Waals surface area contributed by atoms with Crippen molar-refractivity contribution in [1.82, 2.24) is 14.9 Å². The summed E-state index contributed by atoms with van der Waals surface area (Å²) in [4.78, 5) is 36.2. The Morgan fingerprint density at radius 2 is 1.83 bits per heavy atom. The van der Waals surface area contributed by atoms with Gasteiger partial charge in [-0.3, -0.25) is 10.1 Å². The Hall–Kier alpha value is -3.37. The SMILES string of the molecule is O=C(Nc1ccc(-c2[nH]c([C@H](Cc3ccccc3)N3CCc4cc(CI)ccc4C3=O)nc2Cl)cc1)OC1CCCC1. The number of halogens is 2. The molecule has 1 saturated carbocycles. The Morgan fingerprint density at radius 3 is 2.57 bits per heavy atom. The second-order valence-electron chi connectivity index (χ2n) is 10.9. The van der Waals surface area contributed by atoms with Crippen LogP contribution in [0.4, 0.5) is 10.5 Å². The van der Waals surface area contributed by atoms with Gasteiger partial charge in [0.2, 0.25) is 0 Å². The Kier molecular flexibility index (Phi) is 8.81. The summed E-state index contributed by atoms with van der Waals surface area (Å²) < 4.78 is 6.42. The molecule has 0 bridgehead atoms. The molecular weight excluding hydrogens is 663 g/mol. The maximum Gasteiger partial charge on any atom is 0.411 e. The van der Waals surface area contributed by atoms with Gasteiger partial charge >= 0.3 is 6.09 Å². The molecule has 1 aliphatic carbocycles. The van der Waals surface area contributed by atoms with Gasteiger partial charge in [-0.2, -0.15) is 0 Å². The molecule has 9 heteroatoms. The molecule has 2 aliphatic rings. The molecule has 4 aromatic rings.